The molecule has 136 valence electrons. The first-order chi connectivity index (χ1) is 13.2. The average Bonchev–Trinajstić information content (AvgIpc) is 3.39. The van der Waals surface area contributed by atoms with Crippen LogP contribution in [0.5, 0.6) is 0 Å². The van der Waals surface area contributed by atoms with Crippen LogP contribution in [0.4, 0.5) is 0 Å². The molecule has 4 rings (SSSR count). The van der Waals surface area contributed by atoms with Crippen LogP contribution in [0.25, 0.3) is 22.2 Å². The zero-order valence-corrected chi connectivity index (χ0v) is 15.0. The van der Waals surface area contributed by atoms with E-state index in [1.807, 2.05) is 58.9 Å². The van der Waals surface area contributed by atoms with Crippen LogP contribution in [0.2, 0.25) is 0 Å². The third kappa shape index (κ3) is 3.57. The summed E-state index contributed by atoms with van der Waals surface area (Å²) >= 11 is 0. The van der Waals surface area contributed by atoms with Gasteiger partial charge >= 0.3 is 0 Å². The lowest BCUT2D eigenvalue weighted by Gasteiger charge is -2.10. The van der Waals surface area contributed by atoms with Gasteiger partial charge in [0.15, 0.2) is 0 Å². The van der Waals surface area contributed by atoms with E-state index in [4.69, 9.17) is 4.98 Å². The van der Waals surface area contributed by atoms with Gasteiger partial charge in [-0.1, -0.05) is 18.2 Å². The van der Waals surface area contributed by atoms with Crippen molar-refractivity contribution < 1.29 is 4.79 Å². The number of hydrogen-bond acceptors (Lipinski definition) is 4. The number of imidazole rings is 1. The first-order valence-corrected chi connectivity index (χ1v) is 8.91. The smallest absolute Gasteiger partial charge is 0.252 e. The molecular weight excluding hydrogens is 340 g/mol. The van der Waals surface area contributed by atoms with Crippen molar-refractivity contribution in [3.05, 3.63) is 67.0 Å². The second-order valence-electron chi connectivity index (χ2n) is 6.21. The second kappa shape index (κ2) is 7.41. The minimum atomic E-state index is -0.113. The van der Waals surface area contributed by atoms with Crippen molar-refractivity contribution >= 4 is 16.8 Å². The molecule has 0 bridgehead atoms. The zero-order chi connectivity index (χ0) is 18.6. The molecule has 1 N–H and O–H groups in total. The number of para-hydroxylation sites is 1. The van der Waals surface area contributed by atoms with Gasteiger partial charge < -0.3 is 9.88 Å². The van der Waals surface area contributed by atoms with E-state index in [1.54, 1.807) is 18.7 Å². The van der Waals surface area contributed by atoms with Gasteiger partial charge in [-0.3, -0.25) is 9.48 Å². The van der Waals surface area contributed by atoms with Crippen LogP contribution in [0.1, 0.15) is 17.3 Å². The van der Waals surface area contributed by atoms with E-state index in [-0.39, 0.29) is 5.91 Å². The molecule has 0 atom stereocenters. The maximum absolute atomic E-state index is 12.8. The van der Waals surface area contributed by atoms with E-state index in [1.165, 1.54) is 0 Å². The SMILES string of the molecule is CCn1cc(-c2cc(C(=O)NCCn3ccnc3)c3ccccc3n2)cn1. The van der Waals surface area contributed by atoms with Crippen molar-refractivity contribution in [3.8, 4) is 11.3 Å². The largest absolute Gasteiger partial charge is 0.350 e. The van der Waals surface area contributed by atoms with Crippen LogP contribution in [0, 0.1) is 0 Å². The average molecular weight is 360 g/mol. The number of rotatable bonds is 6. The molecule has 0 spiro atoms. The van der Waals surface area contributed by atoms with E-state index >= 15 is 0 Å². The number of nitrogens with one attached hydrogen (secondary N) is 1. The summed E-state index contributed by atoms with van der Waals surface area (Å²) in [5.74, 6) is -0.113. The molecule has 0 radical (unpaired) electrons. The lowest BCUT2D eigenvalue weighted by molar-refractivity contribution is 0.0954. The highest BCUT2D eigenvalue weighted by Gasteiger charge is 2.14. The van der Waals surface area contributed by atoms with Crippen LogP contribution in [-0.2, 0) is 13.1 Å². The first kappa shape index (κ1) is 17.0. The van der Waals surface area contributed by atoms with Gasteiger partial charge in [-0.15, -0.1) is 0 Å². The van der Waals surface area contributed by atoms with E-state index in [9.17, 15) is 4.79 Å². The van der Waals surface area contributed by atoms with Gasteiger partial charge in [-0.25, -0.2) is 9.97 Å². The Balaban J connectivity index is 1.64. The van der Waals surface area contributed by atoms with Gasteiger partial charge in [0, 0.05) is 49.2 Å². The highest BCUT2D eigenvalue weighted by atomic mass is 16.1. The molecular formula is C20H20N6O. The minimum absolute atomic E-state index is 0.113. The van der Waals surface area contributed by atoms with Crippen LogP contribution in [0.15, 0.2) is 61.4 Å². The van der Waals surface area contributed by atoms with Gasteiger partial charge in [0.05, 0.1) is 29.3 Å². The molecule has 0 aliphatic carbocycles. The number of nitrogens with zero attached hydrogens (tertiary/aromatic N) is 5. The summed E-state index contributed by atoms with van der Waals surface area (Å²) in [5, 5.41) is 8.14. The fraction of sp³-hybridized carbons (Fsp3) is 0.200. The maximum Gasteiger partial charge on any atom is 0.252 e. The number of amides is 1. The normalized spacial score (nSPS) is 11.0. The quantitative estimate of drug-likeness (QED) is 0.573. The molecule has 1 amide bonds. The molecule has 1 aromatic carbocycles. The van der Waals surface area contributed by atoms with Crippen molar-refractivity contribution in [1.82, 2.24) is 29.6 Å². The summed E-state index contributed by atoms with van der Waals surface area (Å²) in [7, 11) is 0. The Labute approximate surface area is 156 Å². The number of carbonyl (C=O) groups is 1. The molecule has 3 aromatic heterocycles. The van der Waals surface area contributed by atoms with Crippen molar-refractivity contribution in [3.63, 3.8) is 0 Å². The van der Waals surface area contributed by atoms with Gasteiger partial charge in [0.2, 0.25) is 0 Å². The fourth-order valence-corrected chi connectivity index (χ4v) is 2.99. The summed E-state index contributed by atoms with van der Waals surface area (Å²) in [4.78, 5) is 21.6. The minimum Gasteiger partial charge on any atom is -0.350 e. The van der Waals surface area contributed by atoms with Crippen molar-refractivity contribution in [1.29, 1.82) is 0 Å². The van der Waals surface area contributed by atoms with Crippen molar-refractivity contribution in [2.75, 3.05) is 6.54 Å². The fourth-order valence-electron chi connectivity index (χ4n) is 2.99. The maximum atomic E-state index is 12.8. The van der Waals surface area contributed by atoms with E-state index in [0.717, 1.165) is 28.7 Å². The molecule has 0 saturated heterocycles. The van der Waals surface area contributed by atoms with Crippen LogP contribution < -0.4 is 5.32 Å². The first-order valence-electron chi connectivity index (χ1n) is 8.91. The third-order valence-electron chi connectivity index (χ3n) is 4.43. The Hall–Kier alpha value is -3.48. The van der Waals surface area contributed by atoms with E-state index in [2.05, 4.69) is 15.4 Å². The number of hydrogen-bond donors (Lipinski definition) is 1. The molecule has 3 heterocycles. The summed E-state index contributed by atoms with van der Waals surface area (Å²) in [6.45, 7) is 4.01. The lowest BCUT2D eigenvalue weighted by Crippen LogP contribution is -2.27. The van der Waals surface area contributed by atoms with Gasteiger partial charge in [-0.2, -0.15) is 5.10 Å². The Morgan fingerprint density at radius 3 is 2.93 bits per heavy atom. The number of benzene rings is 1. The summed E-state index contributed by atoms with van der Waals surface area (Å²) in [5.41, 5.74) is 3.05. The summed E-state index contributed by atoms with van der Waals surface area (Å²) in [6, 6.07) is 9.53. The predicted octanol–water partition coefficient (Wildman–Crippen LogP) is 2.74. The molecule has 0 aliphatic heterocycles. The Kier molecular flexibility index (Phi) is 4.65. The number of fused-ring (bicyclic) bond motifs is 1. The molecule has 0 fully saturated rings. The number of carbonyl (C=O) groups excluding carboxylic acids is 1. The summed E-state index contributed by atoms with van der Waals surface area (Å²) in [6.07, 6.45) is 9.05. The number of aryl methyl sites for hydroxylation is 1. The van der Waals surface area contributed by atoms with Crippen molar-refractivity contribution in [2.24, 2.45) is 0 Å². The van der Waals surface area contributed by atoms with Crippen LogP contribution in [0.3, 0.4) is 0 Å². The Morgan fingerprint density at radius 1 is 1.26 bits per heavy atom. The monoisotopic (exact) mass is 360 g/mol. The molecule has 7 nitrogen and oxygen atoms in total. The molecule has 0 unspecified atom stereocenters. The van der Waals surface area contributed by atoms with E-state index < -0.39 is 0 Å². The second-order valence-corrected chi connectivity index (χ2v) is 6.21. The zero-order valence-electron chi connectivity index (χ0n) is 15.0. The molecule has 4 aromatic rings. The summed E-state index contributed by atoms with van der Waals surface area (Å²) < 4.78 is 3.77. The van der Waals surface area contributed by atoms with Crippen molar-refractivity contribution in [2.45, 2.75) is 20.0 Å². The Morgan fingerprint density at radius 2 is 2.15 bits per heavy atom. The van der Waals surface area contributed by atoms with Gasteiger partial charge in [-0.05, 0) is 19.1 Å². The highest BCUT2D eigenvalue weighted by Crippen LogP contribution is 2.24. The predicted molar refractivity (Wildman–Crippen MR) is 103 cm³/mol. The number of pyridine rings is 1. The van der Waals surface area contributed by atoms with Crippen LogP contribution >= 0.6 is 0 Å². The molecule has 0 saturated carbocycles. The third-order valence-corrected chi connectivity index (χ3v) is 4.43. The van der Waals surface area contributed by atoms with Gasteiger partial charge in [0.1, 0.15) is 0 Å². The topological polar surface area (TPSA) is 77.6 Å². The van der Waals surface area contributed by atoms with Gasteiger partial charge in [0.25, 0.3) is 5.91 Å². The number of aromatic nitrogens is 5. The molecule has 0 aliphatic rings. The highest BCUT2D eigenvalue weighted by molar-refractivity contribution is 6.07. The standard InChI is InChI=1S/C20H20N6O/c1-2-26-13-15(12-23-26)19-11-17(16-5-3-4-6-18(16)24-19)20(27)22-8-10-25-9-7-21-14-25/h3-7,9,11-14H,2,8,10H2,1H3,(H,22,27). The molecule has 27 heavy (non-hydrogen) atoms. The molecule has 7 heteroatoms. The van der Waals surface area contributed by atoms with E-state index in [0.29, 0.717) is 18.7 Å². The Bertz CT molecular complexity index is 1070. The lowest BCUT2D eigenvalue weighted by atomic mass is 10.0. The van der Waals surface area contributed by atoms with Crippen LogP contribution in [-0.4, -0.2) is 36.8 Å².